The number of carbonyl (C=O) groups excluding carboxylic acids is 1. The third kappa shape index (κ3) is 4.20. The van der Waals surface area contributed by atoms with Gasteiger partial charge in [-0.15, -0.1) is 0 Å². The van der Waals surface area contributed by atoms with Crippen molar-refractivity contribution in [3.63, 3.8) is 0 Å². The number of rotatable bonds is 1. The lowest BCUT2D eigenvalue weighted by Crippen LogP contribution is -2.41. The highest BCUT2D eigenvalue weighted by Crippen LogP contribution is 2.29. The topological polar surface area (TPSA) is 42.4 Å². The highest BCUT2D eigenvalue weighted by Gasteiger charge is 2.27. The number of likely N-dealkylation sites (tertiary alicyclic amines) is 1. The van der Waals surface area contributed by atoms with Crippen LogP contribution in [0.25, 0.3) is 0 Å². The number of nitrogens with zero attached hydrogens (tertiary/aromatic N) is 2. The van der Waals surface area contributed by atoms with E-state index in [2.05, 4.69) is 20.9 Å². The number of aromatic nitrogens is 1. The largest absolute Gasteiger partial charge is 0.444 e. The Balaban J connectivity index is 2.97. The SMILES string of the molecule is [2H]c1nc(Br)c([2H])c(C2([2H])C([2H])([2H])C([2H])([2H])N(C(=O)OC(C)(C)C)C([2H])([2H])C2([2H])[2H])c1[2H]. The molecule has 0 atom stereocenters. The third-order valence-electron chi connectivity index (χ3n) is 1.97. The minimum atomic E-state index is -3.75. The lowest BCUT2D eigenvalue weighted by Gasteiger charge is -2.33. The van der Waals surface area contributed by atoms with Crippen molar-refractivity contribution in [3.8, 4) is 0 Å². The van der Waals surface area contributed by atoms with Crippen molar-refractivity contribution in [1.82, 2.24) is 9.88 Å². The molecule has 1 aromatic rings. The van der Waals surface area contributed by atoms with Gasteiger partial charge in [-0.1, -0.05) is 0 Å². The number of hydrogen-bond acceptors (Lipinski definition) is 3. The van der Waals surface area contributed by atoms with Crippen molar-refractivity contribution in [2.45, 2.75) is 45.0 Å². The quantitative estimate of drug-likeness (QED) is 0.718. The average molecular weight is 353 g/mol. The number of piperidine rings is 1. The van der Waals surface area contributed by atoms with E-state index in [9.17, 15) is 4.79 Å². The highest BCUT2D eigenvalue weighted by atomic mass is 79.9. The molecule has 1 amide bonds. The summed E-state index contributed by atoms with van der Waals surface area (Å²) in [6.45, 7) is -3.21. The van der Waals surface area contributed by atoms with E-state index in [-0.39, 0.29) is 4.90 Å². The predicted molar refractivity (Wildman–Crippen MR) is 81.7 cm³/mol. The van der Waals surface area contributed by atoms with Crippen LogP contribution >= 0.6 is 15.9 Å². The van der Waals surface area contributed by atoms with Crippen LogP contribution in [0.3, 0.4) is 0 Å². The van der Waals surface area contributed by atoms with Crippen LogP contribution < -0.4 is 0 Å². The molecule has 0 N–H and O–H groups in total. The standard InChI is InChI=1S/C15H21BrN2O2/c1-15(2,3)20-14(19)18-8-5-11(6-9-18)12-4-7-17-13(16)10-12/h4,7,10-11H,5-6,8-9H2,1-3H3/i4D,5D2,6D2,7D,8D2,9D2,10D,11D. The summed E-state index contributed by atoms with van der Waals surface area (Å²) in [4.78, 5) is 15.9. The molecule has 1 aromatic heterocycles. The monoisotopic (exact) mass is 352 g/mol. The number of amides is 1. The van der Waals surface area contributed by atoms with Gasteiger partial charge >= 0.3 is 6.09 Å². The zero-order valence-electron chi connectivity index (χ0n) is 23.1. The summed E-state index contributed by atoms with van der Waals surface area (Å²) in [5.41, 5.74) is -2.35. The molecular weight excluding hydrogens is 320 g/mol. The maximum Gasteiger partial charge on any atom is 0.410 e. The van der Waals surface area contributed by atoms with Gasteiger partial charge in [0.25, 0.3) is 0 Å². The van der Waals surface area contributed by atoms with Crippen LogP contribution in [-0.2, 0) is 4.74 Å². The summed E-state index contributed by atoms with van der Waals surface area (Å²) in [6, 6.07) is -1.93. The van der Waals surface area contributed by atoms with Crippen LogP contribution in [0.5, 0.6) is 0 Å². The molecule has 5 heteroatoms. The van der Waals surface area contributed by atoms with E-state index >= 15 is 0 Å². The predicted octanol–water partition coefficient (Wildman–Crippen LogP) is 3.96. The van der Waals surface area contributed by atoms with Crippen LogP contribution in [-0.4, -0.2) is 34.6 Å². The van der Waals surface area contributed by atoms with Crippen molar-refractivity contribution in [2.75, 3.05) is 13.0 Å². The van der Waals surface area contributed by atoms with Crippen LogP contribution in [0, 0.1) is 0 Å². The molecule has 1 aliphatic heterocycles. The van der Waals surface area contributed by atoms with Gasteiger partial charge in [-0.2, -0.15) is 0 Å². The van der Waals surface area contributed by atoms with Gasteiger partial charge in [-0.25, -0.2) is 9.78 Å². The van der Waals surface area contributed by atoms with Crippen LogP contribution in [0.1, 0.15) is 61.4 Å². The second-order valence-corrected chi connectivity index (χ2v) is 5.55. The summed E-state index contributed by atoms with van der Waals surface area (Å²) < 4.78 is 104. The van der Waals surface area contributed by atoms with Crippen molar-refractivity contribution in [3.05, 3.63) is 28.4 Å². The van der Waals surface area contributed by atoms with E-state index in [1.54, 1.807) is 0 Å². The van der Waals surface area contributed by atoms with Crippen molar-refractivity contribution in [2.24, 2.45) is 0 Å². The molecule has 2 heterocycles. The Morgan fingerprint density at radius 1 is 1.60 bits per heavy atom. The van der Waals surface area contributed by atoms with Gasteiger partial charge in [0.15, 0.2) is 0 Å². The molecule has 110 valence electrons. The van der Waals surface area contributed by atoms with Crippen molar-refractivity contribution >= 4 is 22.0 Å². The fourth-order valence-electron chi connectivity index (χ4n) is 1.23. The number of ether oxygens (including phenoxy) is 1. The Bertz CT molecular complexity index is 908. The molecular formula is C15H21BrN2O2. The summed E-state index contributed by atoms with van der Waals surface area (Å²) in [7, 11) is 0. The van der Waals surface area contributed by atoms with Gasteiger partial charge in [-0.3, -0.25) is 0 Å². The second kappa shape index (κ2) is 6.12. The molecule has 4 nitrogen and oxygen atoms in total. The Morgan fingerprint density at radius 2 is 2.25 bits per heavy atom. The van der Waals surface area contributed by atoms with E-state index < -0.39 is 71.8 Å². The maximum atomic E-state index is 12.7. The molecule has 0 aliphatic carbocycles. The molecule has 0 saturated carbocycles. The molecule has 2 rings (SSSR count). The molecule has 1 saturated heterocycles. The lowest BCUT2D eigenvalue weighted by molar-refractivity contribution is 0.0205. The fourth-order valence-corrected chi connectivity index (χ4v) is 1.51. The summed E-state index contributed by atoms with van der Waals surface area (Å²) in [5.74, 6) is -3.61. The Hall–Kier alpha value is -1.10. The summed E-state index contributed by atoms with van der Waals surface area (Å²) >= 11 is 2.82. The first-order chi connectivity index (χ1) is 14.0. The van der Waals surface area contributed by atoms with E-state index in [4.69, 9.17) is 21.2 Å². The molecule has 0 radical (unpaired) electrons. The van der Waals surface area contributed by atoms with Crippen molar-refractivity contribution < 1.29 is 26.0 Å². The van der Waals surface area contributed by atoms with E-state index in [0.717, 1.165) is 0 Å². The molecule has 0 bridgehead atoms. The minimum absolute atomic E-state index is 0.358. The van der Waals surface area contributed by atoms with E-state index in [1.165, 1.54) is 20.8 Å². The number of pyridine rings is 1. The van der Waals surface area contributed by atoms with Crippen LogP contribution in [0.4, 0.5) is 4.79 Å². The number of hydrogen-bond donors (Lipinski definition) is 0. The van der Waals surface area contributed by atoms with Gasteiger partial charge < -0.3 is 9.64 Å². The van der Waals surface area contributed by atoms with Crippen LogP contribution in [0.2, 0.25) is 0 Å². The minimum Gasteiger partial charge on any atom is -0.444 e. The van der Waals surface area contributed by atoms with Crippen LogP contribution in [0.15, 0.2) is 22.9 Å². The lowest BCUT2D eigenvalue weighted by atomic mass is 9.90. The number of halogens is 1. The first-order valence-corrected chi connectivity index (χ1v) is 6.46. The zero-order chi connectivity index (χ0) is 25.5. The Morgan fingerprint density at radius 3 is 2.85 bits per heavy atom. The molecule has 0 spiro atoms. The summed E-state index contributed by atoms with van der Waals surface area (Å²) in [6.07, 6.45) is -10.1. The van der Waals surface area contributed by atoms with Gasteiger partial charge in [0, 0.05) is 31.5 Å². The first-order valence-electron chi connectivity index (χ1n) is 11.7. The smallest absolute Gasteiger partial charge is 0.410 e. The molecule has 1 fully saturated rings. The van der Waals surface area contributed by atoms with Gasteiger partial charge in [0.1, 0.15) is 10.2 Å². The average Bonchev–Trinajstić information content (AvgIpc) is 2.56. The highest BCUT2D eigenvalue weighted by molar-refractivity contribution is 9.10. The molecule has 0 unspecified atom stereocenters. The van der Waals surface area contributed by atoms with Crippen molar-refractivity contribution in [1.29, 1.82) is 0 Å². The second-order valence-electron chi connectivity index (χ2n) is 4.80. The number of carbonyl (C=O) groups is 1. The molecule has 1 aliphatic rings. The maximum absolute atomic E-state index is 12.7. The first kappa shape index (κ1) is 5.95. The van der Waals surface area contributed by atoms with Gasteiger partial charge in [-0.05, 0) is 73.0 Å². The Kier molecular flexibility index (Phi) is 1.82. The third-order valence-corrected chi connectivity index (χ3v) is 2.35. The van der Waals surface area contributed by atoms with E-state index in [0.29, 0.717) is 0 Å². The zero-order valence-corrected chi connectivity index (χ0v) is 12.7. The normalized spacial score (nSPS) is 37.5. The van der Waals surface area contributed by atoms with E-state index in [1.807, 2.05) is 0 Å². The van der Waals surface area contributed by atoms with Gasteiger partial charge in [0.05, 0.1) is 4.11 Å². The summed E-state index contributed by atoms with van der Waals surface area (Å²) in [5, 5.41) is 0. The molecule has 0 aromatic carbocycles. The molecule has 20 heavy (non-hydrogen) atoms. The fraction of sp³-hybridized carbons (Fsp3) is 0.600. The van der Waals surface area contributed by atoms with Gasteiger partial charge in [0.2, 0.25) is 0 Å². The Labute approximate surface area is 145 Å².